The molecule has 0 unspecified atom stereocenters. The summed E-state index contributed by atoms with van der Waals surface area (Å²) in [5, 5.41) is 11.4. The van der Waals surface area contributed by atoms with Crippen LogP contribution in [-0.2, 0) is 18.4 Å². The Labute approximate surface area is 200 Å². The molecule has 4 aromatic rings. The predicted molar refractivity (Wildman–Crippen MR) is 124 cm³/mol. The predicted octanol–water partition coefficient (Wildman–Crippen LogP) is 3.41. The van der Waals surface area contributed by atoms with Gasteiger partial charge in [-0.25, -0.2) is 9.78 Å². The SMILES string of the molecule is COc1c(C(=O)NCCCn2ccnc2)sc2c1c(=O)n(C)c1ccccc21.O=C(O)C(F)(F)F. The average Bonchev–Trinajstić information content (AvgIpc) is 3.48. The maximum absolute atomic E-state index is 12.9. The van der Waals surface area contributed by atoms with Crippen LogP contribution in [0.15, 0.2) is 47.8 Å². The average molecular weight is 510 g/mol. The summed E-state index contributed by atoms with van der Waals surface area (Å²) in [7, 11) is 3.23. The van der Waals surface area contributed by atoms with Crippen molar-refractivity contribution in [2.75, 3.05) is 13.7 Å². The fourth-order valence-electron chi connectivity index (χ4n) is 3.34. The van der Waals surface area contributed by atoms with Crippen molar-refractivity contribution in [2.45, 2.75) is 19.1 Å². The normalized spacial score (nSPS) is 11.2. The molecule has 2 N–H and O–H groups in total. The highest BCUT2D eigenvalue weighted by Gasteiger charge is 2.38. The number of pyridine rings is 1. The molecule has 0 radical (unpaired) electrons. The third kappa shape index (κ3) is 5.62. The number of rotatable bonds is 6. The van der Waals surface area contributed by atoms with Gasteiger partial charge in [0.15, 0.2) is 5.75 Å². The van der Waals surface area contributed by atoms with Crippen LogP contribution >= 0.6 is 11.3 Å². The Morgan fingerprint density at radius 1 is 1.26 bits per heavy atom. The van der Waals surface area contributed by atoms with E-state index in [2.05, 4.69) is 10.3 Å². The number of carboxylic acid groups (broad SMARTS) is 1. The summed E-state index contributed by atoms with van der Waals surface area (Å²) in [5.41, 5.74) is 0.664. The number of amides is 1. The lowest BCUT2D eigenvalue weighted by Gasteiger charge is -2.07. The van der Waals surface area contributed by atoms with Crippen LogP contribution in [0.3, 0.4) is 0 Å². The second-order valence-electron chi connectivity index (χ2n) is 7.26. The summed E-state index contributed by atoms with van der Waals surface area (Å²) in [6, 6.07) is 7.68. The van der Waals surface area contributed by atoms with Gasteiger partial charge in [0.2, 0.25) is 0 Å². The van der Waals surface area contributed by atoms with Crippen molar-refractivity contribution in [3.63, 3.8) is 0 Å². The third-order valence-electron chi connectivity index (χ3n) is 4.98. The van der Waals surface area contributed by atoms with E-state index in [0.717, 1.165) is 28.6 Å². The summed E-state index contributed by atoms with van der Waals surface area (Å²) in [6.07, 6.45) is 1.06. The van der Waals surface area contributed by atoms with Gasteiger partial charge < -0.3 is 24.3 Å². The summed E-state index contributed by atoms with van der Waals surface area (Å²) >= 11 is 1.30. The number of nitrogens with one attached hydrogen (secondary N) is 1. The molecule has 0 aliphatic heterocycles. The van der Waals surface area contributed by atoms with E-state index >= 15 is 0 Å². The van der Waals surface area contributed by atoms with Gasteiger partial charge in [-0.05, 0) is 12.5 Å². The van der Waals surface area contributed by atoms with E-state index in [1.54, 1.807) is 24.1 Å². The fraction of sp³-hybridized carbons (Fsp3) is 0.273. The fourth-order valence-corrected chi connectivity index (χ4v) is 4.55. The van der Waals surface area contributed by atoms with Crippen molar-refractivity contribution in [3.05, 3.63) is 58.2 Å². The van der Waals surface area contributed by atoms with Crippen molar-refractivity contribution < 1.29 is 32.6 Å². The van der Waals surface area contributed by atoms with Gasteiger partial charge in [-0.1, -0.05) is 18.2 Å². The first-order valence-electron chi connectivity index (χ1n) is 10.2. The Balaban J connectivity index is 0.000000429. The molecule has 1 aromatic carbocycles. The second kappa shape index (κ2) is 10.6. The molecule has 0 aliphatic carbocycles. The van der Waals surface area contributed by atoms with Crippen LogP contribution in [0.2, 0.25) is 0 Å². The number of carbonyl (C=O) groups is 2. The molecule has 4 rings (SSSR count). The van der Waals surface area contributed by atoms with Gasteiger partial charge in [0.1, 0.15) is 10.3 Å². The standard InChI is InChI=1S/C20H20N4O3S.C2HF3O2/c1-23-14-7-4-3-6-13(14)17-15(20(23)26)16(27-2)18(28-17)19(25)22-8-5-10-24-11-9-21-12-24;3-2(4,5)1(6)7/h3-4,6-7,9,11-12H,5,8,10H2,1-2H3,(H,22,25);(H,6,7). The molecule has 0 saturated heterocycles. The van der Waals surface area contributed by atoms with Gasteiger partial charge in [-0.15, -0.1) is 11.3 Å². The number of halogens is 3. The van der Waals surface area contributed by atoms with E-state index in [1.807, 2.05) is 35.0 Å². The van der Waals surface area contributed by atoms with Crippen molar-refractivity contribution in [3.8, 4) is 5.75 Å². The maximum Gasteiger partial charge on any atom is 0.490 e. The number of aromatic nitrogens is 3. The Morgan fingerprint density at radius 3 is 2.54 bits per heavy atom. The lowest BCUT2D eigenvalue weighted by Crippen LogP contribution is -2.25. The molecule has 0 spiro atoms. The molecular formula is C22H21F3N4O5S. The van der Waals surface area contributed by atoms with Crippen LogP contribution in [-0.4, -0.2) is 50.9 Å². The molecule has 3 heterocycles. The number of alkyl halides is 3. The number of ether oxygens (including phenoxy) is 1. The van der Waals surface area contributed by atoms with Crippen LogP contribution in [0.5, 0.6) is 5.75 Å². The summed E-state index contributed by atoms with van der Waals surface area (Å²) < 4.78 is 41.6. The Hall–Kier alpha value is -3.87. The lowest BCUT2D eigenvalue weighted by atomic mass is 10.1. The van der Waals surface area contributed by atoms with Crippen molar-refractivity contribution in [1.29, 1.82) is 0 Å². The van der Waals surface area contributed by atoms with Gasteiger partial charge in [-0.2, -0.15) is 13.2 Å². The molecule has 186 valence electrons. The Bertz CT molecular complexity index is 1410. The third-order valence-corrected chi connectivity index (χ3v) is 6.19. The van der Waals surface area contributed by atoms with E-state index in [-0.39, 0.29) is 11.5 Å². The first-order chi connectivity index (χ1) is 16.6. The molecule has 9 nitrogen and oxygen atoms in total. The zero-order valence-electron chi connectivity index (χ0n) is 18.6. The number of thiophene rings is 1. The highest BCUT2D eigenvalue weighted by molar-refractivity contribution is 7.22. The van der Waals surface area contributed by atoms with Crippen LogP contribution in [0.4, 0.5) is 13.2 Å². The Kier molecular flexibility index (Phi) is 7.79. The zero-order valence-corrected chi connectivity index (χ0v) is 19.4. The number of hydrogen-bond acceptors (Lipinski definition) is 6. The number of aryl methyl sites for hydroxylation is 2. The molecule has 0 saturated carbocycles. The molecule has 0 atom stereocenters. The molecule has 0 bridgehead atoms. The summed E-state index contributed by atoms with van der Waals surface area (Å²) in [5.74, 6) is -2.64. The van der Waals surface area contributed by atoms with Crippen LogP contribution < -0.4 is 15.6 Å². The maximum atomic E-state index is 12.9. The topological polar surface area (TPSA) is 115 Å². The van der Waals surface area contributed by atoms with Crippen molar-refractivity contribution >= 4 is 44.2 Å². The van der Waals surface area contributed by atoms with E-state index in [4.69, 9.17) is 14.6 Å². The van der Waals surface area contributed by atoms with Crippen molar-refractivity contribution in [2.24, 2.45) is 7.05 Å². The highest BCUT2D eigenvalue weighted by Crippen LogP contribution is 2.39. The quantitative estimate of drug-likeness (QED) is 0.384. The minimum Gasteiger partial charge on any atom is -0.494 e. The number of fused-ring (bicyclic) bond motifs is 3. The molecule has 0 aliphatic rings. The summed E-state index contributed by atoms with van der Waals surface area (Å²) in [4.78, 5) is 39.0. The zero-order chi connectivity index (χ0) is 25.8. The largest absolute Gasteiger partial charge is 0.494 e. The van der Waals surface area contributed by atoms with Crippen LogP contribution in [0, 0.1) is 0 Å². The minimum atomic E-state index is -5.08. The van der Waals surface area contributed by atoms with E-state index < -0.39 is 12.1 Å². The molecule has 0 fully saturated rings. The number of methoxy groups -OCH3 is 1. The van der Waals surface area contributed by atoms with E-state index in [1.165, 1.54) is 18.4 Å². The van der Waals surface area contributed by atoms with Gasteiger partial charge in [0.05, 0.1) is 23.7 Å². The number of nitrogens with zero attached hydrogens (tertiary/aromatic N) is 3. The molecule has 1 amide bonds. The summed E-state index contributed by atoms with van der Waals surface area (Å²) in [6.45, 7) is 1.29. The molecule has 3 aromatic heterocycles. The number of para-hydroxylation sites is 1. The van der Waals surface area contributed by atoms with E-state index in [9.17, 15) is 22.8 Å². The Morgan fingerprint density at radius 2 is 1.94 bits per heavy atom. The second-order valence-corrected chi connectivity index (χ2v) is 8.28. The van der Waals surface area contributed by atoms with Crippen LogP contribution in [0.25, 0.3) is 21.0 Å². The number of benzene rings is 1. The smallest absolute Gasteiger partial charge is 0.490 e. The van der Waals surface area contributed by atoms with Gasteiger partial charge in [0, 0.05) is 37.9 Å². The van der Waals surface area contributed by atoms with Crippen LogP contribution in [0.1, 0.15) is 16.1 Å². The number of imidazole rings is 1. The van der Waals surface area contributed by atoms with Gasteiger partial charge >= 0.3 is 12.1 Å². The number of hydrogen-bond donors (Lipinski definition) is 2. The minimum absolute atomic E-state index is 0.166. The first kappa shape index (κ1) is 25.7. The number of carboxylic acids is 1. The molecule has 13 heteroatoms. The monoisotopic (exact) mass is 510 g/mol. The first-order valence-corrected chi connectivity index (χ1v) is 11.0. The van der Waals surface area contributed by atoms with Gasteiger partial charge in [-0.3, -0.25) is 9.59 Å². The number of carbonyl (C=O) groups excluding carboxylic acids is 1. The molecular weight excluding hydrogens is 489 g/mol. The van der Waals surface area contributed by atoms with Crippen molar-refractivity contribution in [1.82, 2.24) is 19.4 Å². The van der Waals surface area contributed by atoms with Gasteiger partial charge in [0.25, 0.3) is 11.5 Å². The lowest BCUT2D eigenvalue weighted by molar-refractivity contribution is -0.192. The number of aliphatic carboxylic acids is 1. The highest BCUT2D eigenvalue weighted by atomic mass is 32.1. The van der Waals surface area contributed by atoms with E-state index in [0.29, 0.717) is 22.6 Å². The molecule has 35 heavy (non-hydrogen) atoms.